The van der Waals surface area contributed by atoms with Gasteiger partial charge < -0.3 is 10.2 Å². The second kappa shape index (κ2) is 8.74. The van der Waals surface area contributed by atoms with Crippen molar-refractivity contribution >= 4 is 23.2 Å². The van der Waals surface area contributed by atoms with Crippen LogP contribution in [0, 0.1) is 5.92 Å². The van der Waals surface area contributed by atoms with E-state index in [0.29, 0.717) is 19.6 Å². The van der Waals surface area contributed by atoms with E-state index in [0.717, 1.165) is 21.8 Å². The van der Waals surface area contributed by atoms with E-state index in [-0.39, 0.29) is 30.2 Å². The fraction of sp³-hybridized carbons (Fsp3) is 0.381. The predicted molar refractivity (Wildman–Crippen MR) is 115 cm³/mol. The monoisotopic (exact) mass is 424 g/mol. The summed E-state index contributed by atoms with van der Waals surface area (Å²) in [5.74, 6) is -0.319. The number of hydrogen-bond donors (Lipinski definition) is 1. The highest BCUT2D eigenvalue weighted by atomic mass is 32.1. The van der Waals surface area contributed by atoms with E-state index < -0.39 is 0 Å². The number of carbonyl (C=O) groups excluding carboxylic acids is 2. The molecule has 1 atom stereocenters. The molecule has 1 fully saturated rings. The first kappa shape index (κ1) is 20.2. The summed E-state index contributed by atoms with van der Waals surface area (Å²) >= 11 is 1.63. The maximum atomic E-state index is 12.6. The van der Waals surface area contributed by atoms with Crippen LogP contribution in [0.5, 0.6) is 0 Å². The SMILES string of the molecule is CC(C)N1CC(C(=O)NCCn2ncc(-c3cnccn3)c2-c2cccs2)CC1=O. The quantitative estimate of drug-likeness (QED) is 0.629. The lowest BCUT2D eigenvalue weighted by Crippen LogP contribution is -2.36. The molecule has 3 aromatic heterocycles. The van der Waals surface area contributed by atoms with Crippen LogP contribution in [0.25, 0.3) is 21.8 Å². The number of amides is 2. The van der Waals surface area contributed by atoms with Gasteiger partial charge in [-0.3, -0.25) is 24.2 Å². The number of aromatic nitrogens is 4. The molecule has 9 heteroatoms. The molecule has 4 heterocycles. The average Bonchev–Trinajstić information content (AvgIpc) is 3.47. The molecule has 1 saturated heterocycles. The molecule has 1 aliphatic heterocycles. The van der Waals surface area contributed by atoms with E-state index in [9.17, 15) is 9.59 Å². The van der Waals surface area contributed by atoms with Crippen molar-refractivity contribution < 1.29 is 9.59 Å². The van der Waals surface area contributed by atoms with Crippen molar-refractivity contribution in [3.8, 4) is 21.8 Å². The Morgan fingerprint density at radius 3 is 2.87 bits per heavy atom. The molecule has 8 nitrogen and oxygen atoms in total. The molecular formula is C21H24N6O2S. The second-order valence-corrected chi connectivity index (χ2v) is 8.48. The van der Waals surface area contributed by atoms with Gasteiger partial charge in [0.05, 0.1) is 41.1 Å². The minimum Gasteiger partial charge on any atom is -0.354 e. The zero-order valence-electron chi connectivity index (χ0n) is 17.0. The first-order valence-electron chi connectivity index (χ1n) is 9.98. The third-order valence-electron chi connectivity index (χ3n) is 5.21. The second-order valence-electron chi connectivity index (χ2n) is 7.53. The van der Waals surface area contributed by atoms with Crippen LogP contribution in [-0.4, -0.2) is 55.6 Å². The maximum Gasteiger partial charge on any atom is 0.225 e. The Morgan fingerprint density at radius 1 is 1.33 bits per heavy atom. The number of nitrogens with zero attached hydrogens (tertiary/aromatic N) is 5. The predicted octanol–water partition coefficient (Wildman–Crippen LogP) is 2.44. The van der Waals surface area contributed by atoms with Crippen LogP contribution in [-0.2, 0) is 16.1 Å². The van der Waals surface area contributed by atoms with E-state index in [1.165, 1.54) is 0 Å². The van der Waals surface area contributed by atoms with Gasteiger partial charge in [-0.05, 0) is 25.3 Å². The first-order valence-corrected chi connectivity index (χ1v) is 10.9. The molecule has 1 N–H and O–H groups in total. The summed E-state index contributed by atoms with van der Waals surface area (Å²) in [5, 5.41) is 9.52. The van der Waals surface area contributed by atoms with Crippen LogP contribution in [0.4, 0.5) is 0 Å². The van der Waals surface area contributed by atoms with Gasteiger partial charge in [-0.1, -0.05) is 6.07 Å². The van der Waals surface area contributed by atoms with Gasteiger partial charge in [0, 0.05) is 43.5 Å². The van der Waals surface area contributed by atoms with E-state index in [1.54, 1.807) is 41.0 Å². The molecule has 2 amide bonds. The Kier molecular flexibility index (Phi) is 5.89. The summed E-state index contributed by atoms with van der Waals surface area (Å²) in [5.41, 5.74) is 2.63. The number of nitrogens with one attached hydrogen (secondary N) is 1. The topological polar surface area (TPSA) is 93.0 Å². The maximum absolute atomic E-state index is 12.6. The molecule has 1 aliphatic rings. The highest BCUT2D eigenvalue weighted by Crippen LogP contribution is 2.33. The van der Waals surface area contributed by atoms with Gasteiger partial charge in [0.1, 0.15) is 0 Å². The molecule has 4 rings (SSSR count). The minimum absolute atomic E-state index is 0.0471. The van der Waals surface area contributed by atoms with Crippen LogP contribution in [0.1, 0.15) is 20.3 Å². The fourth-order valence-corrected chi connectivity index (χ4v) is 4.48. The van der Waals surface area contributed by atoms with E-state index in [1.807, 2.05) is 36.0 Å². The Bertz CT molecular complexity index is 1020. The molecule has 0 saturated carbocycles. The van der Waals surface area contributed by atoms with Crippen molar-refractivity contribution in [2.75, 3.05) is 13.1 Å². The van der Waals surface area contributed by atoms with Crippen LogP contribution < -0.4 is 5.32 Å². The van der Waals surface area contributed by atoms with E-state index >= 15 is 0 Å². The van der Waals surface area contributed by atoms with Crippen molar-refractivity contribution in [2.45, 2.75) is 32.9 Å². The highest BCUT2D eigenvalue weighted by Gasteiger charge is 2.35. The number of thiophene rings is 1. The molecule has 3 aromatic rings. The molecule has 0 bridgehead atoms. The van der Waals surface area contributed by atoms with Gasteiger partial charge in [-0.15, -0.1) is 11.3 Å². The summed E-state index contributed by atoms with van der Waals surface area (Å²) in [4.78, 5) is 36.0. The van der Waals surface area contributed by atoms with Crippen molar-refractivity contribution in [3.05, 3.63) is 42.3 Å². The highest BCUT2D eigenvalue weighted by molar-refractivity contribution is 7.13. The molecule has 0 aromatic carbocycles. The summed E-state index contributed by atoms with van der Waals surface area (Å²) in [6, 6.07) is 4.16. The number of likely N-dealkylation sites (tertiary alicyclic amines) is 1. The van der Waals surface area contributed by atoms with Gasteiger partial charge in [-0.2, -0.15) is 5.10 Å². The van der Waals surface area contributed by atoms with Crippen LogP contribution >= 0.6 is 11.3 Å². The normalized spacial score (nSPS) is 16.4. The number of carbonyl (C=O) groups is 2. The molecule has 30 heavy (non-hydrogen) atoms. The lowest BCUT2D eigenvalue weighted by Gasteiger charge is -2.20. The van der Waals surface area contributed by atoms with Crippen molar-refractivity contribution in [1.29, 1.82) is 0 Å². The molecule has 0 aliphatic carbocycles. The Labute approximate surface area is 179 Å². The third-order valence-corrected chi connectivity index (χ3v) is 6.09. The third kappa shape index (κ3) is 4.11. The van der Waals surface area contributed by atoms with Crippen LogP contribution in [0.3, 0.4) is 0 Å². The fourth-order valence-electron chi connectivity index (χ4n) is 3.69. The van der Waals surface area contributed by atoms with Crippen LogP contribution in [0.2, 0.25) is 0 Å². The van der Waals surface area contributed by atoms with E-state index in [2.05, 4.69) is 20.4 Å². The summed E-state index contributed by atoms with van der Waals surface area (Å²) < 4.78 is 1.89. The summed E-state index contributed by atoms with van der Waals surface area (Å²) in [6.45, 7) is 5.38. The first-order chi connectivity index (χ1) is 14.5. The lowest BCUT2D eigenvalue weighted by atomic mass is 10.1. The smallest absolute Gasteiger partial charge is 0.225 e. The molecular weight excluding hydrogens is 400 g/mol. The van der Waals surface area contributed by atoms with Gasteiger partial charge in [-0.25, -0.2) is 0 Å². The Morgan fingerprint density at radius 2 is 2.20 bits per heavy atom. The molecule has 1 unspecified atom stereocenters. The largest absolute Gasteiger partial charge is 0.354 e. The average molecular weight is 425 g/mol. The number of rotatable bonds is 7. The van der Waals surface area contributed by atoms with Crippen molar-refractivity contribution in [3.63, 3.8) is 0 Å². The minimum atomic E-state index is -0.288. The van der Waals surface area contributed by atoms with E-state index in [4.69, 9.17) is 0 Å². The molecule has 0 spiro atoms. The molecule has 0 radical (unpaired) electrons. The Hall–Kier alpha value is -3.07. The van der Waals surface area contributed by atoms with Crippen LogP contribution in [0.15, 0.2) is 42.3 Å². The lowest BCUT2D eigenvalue weighted by molar-refractivity contribution is -0.129. The van der Waals surface area contributed by atoms with Crippen molar-refractivity contribution in [1.82, 2.24) is 30.0 Å². The Balaban J connectivity index is 1.45. The van der Waals surface area contributed by atoms with Gasteiger partial charge in [0.15, 0.2) is 0 Å². The van der Waals surface area contributed by atoms with Gasteiger partial charge in [0.25, 0.3) is 0 Å². The van der Waals surface area contributed by atoms with Crippen molar-refractivity contribution in [2.24, 2.45) is 5.92 Å². The zero-order valence-corrected chi connectivity index (χ0v) is 17.8. The standard InChI is InChI=1S/C21H24N6O2S/c1-14(2)26-13-15(10-19(26)28)21(29)24-7-8-27-20(18-4-3-9-30-18)16(11-25-27)17-12-22-5-6-23-17/h3-6,9,11-12,14-15H,7-8,10,13H2,1-2H3,(H,24,29). The zero-order chi connectivity index (χ0) is 21.1. The number of hydrogen-bond acceptors (Lipinski definition) is 6. The summed E-state index contributed by atoms with van der Waals surface area (Å²) in [7, 11) is 0. The summed E-state index contributed by atoms with van der Waals surface area (Å²) in [6.07, 6.45) is 7.09. The van der Waals surface area contributed by atoms with Gasteiger partial charge >= 0.3 is 0 Å². The van der Waals surface area contributed by atoms with Gasteiger partial charge in [0.2, 0.25) is 11.8 Å². The molecule has 156 valence electrons.